The van der Waals surface area contributed by atoms with Gasteiger partial charge in [-0.3, -0.25) is 4.79 Å². The third-order valence-corrected chi connectivity index (χ3v) is 2.19. The summed E-state index contributed by atoms with van der Waals surface area (Å²) in [4.78, 5) is 22.1. The molecule has 0 radical (unpaired) electrons. The summed E-state index contributed by atoms with van der Waals surface area (Å²) in [7, 11) is 0. The van der Waals surface area contributed by atoms with E-state index in [0.717, 1.165) is 0 Å². The maximum absolute atomic E-state index is 13.2. The van der Waals surface area contributed by atoms with Crippen molar-refractivity contribution >= 4 is 17.6 Å². The molecule has 0 aromatic heterocycles. The summed E-state index contributed by atoms with van der Waals surface area (Å²) in [5.74, 6) is -0.870. The third-order valence-electron chi connectivity index (χ3n) is 2.19. The van der Waals surface area contributed by atoms with E-state index in [9.17, 15) is 14.0 Å². The normalized spacial score (nSPS) is 11.7. The Balaban J connectivity index is 2.67. The standard InChI is InChI=1S/C11H14FN3O2/c1-6-3-4-8(5-9(6)12)15-10(16)7(2)14-11(13)17/h3-5,7H,1-2H3,(H,15,16)(H3,13,14,17)/t7-/m0/s1. The number of hydrogen-bond acceptors (Lipinski definition) is 2. The van der Waals surface area contributed by atoms with Crippen LogP contribution in [0.15, 0.2) is 18.2 Å². The van der Waals surface area contributed by atoms with E-state index in [0.29, 0.717) is 11.3 Å². The third kappa shape index (κ3) is 3.75. The Hall–Kier alpha value is -2.11. The van der Waals surface area contributed by atoms with Crippen LogP contribution in [0, 0.1) is 12.7 Å². The van der Waals surface area contributed by atoms with Crippen LogP contribution in [-0.2, 0) is 4.79 Å². The predicted octanol–water partition coefficient (Wildman–Crippen LogP) is 1.13. The summed E-state index contributed by atoms with van der Waals surface area (Å²) in [5.41, 5.74) is 5.70. The second-order valence-corrected chi connectivity index (χ2v) is 3.68. The van der Waals surface area contributed by atoms with Gasteiger partial charge in [0, 0.05) is 5.69 Å². The van der Waals surface area contributed by atoms with Gasteiger partial charge in [-0.2, -0.15) is 0 Å². The van der Waals surface area contributed by atoms with Crippen molar-refractivity contribution in [2.45, 2.75) is 19.9 Å². The van der Waals surface area contributed by atoms with E-state index in [4.69, 9.17) is 5.73 Å². The first-order chi connectivity index (χ1) is 7.90. The highest BCUT2D eigenvalue weighted by atomic mass is 19.1. The molecule has 0 heterocycles. The Bertz CT molecular complexity index is 448. The lowest BCUT2D eigenvalue weighted by molar-refractivity contribution is -0.117. The number of halogens is 1. The maximum atomic E-state index is 13.2. The Morgan fingerprint density at radius 3 is 2.59 bits per heavy atom. The summed E-state index contributed by atoms with van der Waals surface area (Å²) < 4.78 is 13.2. The summed E-state index contributed by atoms with van der Waals surface area (Å²) >= 11 is 0. The fourth-order valence-electron chi connectivity index (χ4n) is 1.20. The lowest BCUT2D eigenvalue weighted by Gasteiger charge is -2.12. The fourth-order valence-corrected chi connectivity index (χ4v) is 1.20. The molecule has 0 bridgehead atoms. The highest BCUT2D eigenvalue weighted by molar-refractivity contribution is 5.96. The van der Waals surface area contributed by atoms with Gasteiger partial charge in [0.1, 0.15) is 11.9 Å². The zero-order valence-electron chi connectivity index (χ0n) is 9.58. The van der Waals surface area contributed by atoms with Crippen molar-refractivity contribution in [1.29, 1.82) is 0 Å². The molecule has 0 spiro atoms. The molecular weight excluding hydrogens is 225 g/mol. The molecule has 0 fully saturated rings. The molecule has 0 saturated heterocycles. The van der Waals surface area contributed by atoms with Crippen molar-refractivity contribution in [3.63, 3.8) is 0 Å². The molecule has 1 aromatic carbocycles. The monoisotopic (exact) mass is 239 g/mol. The molecule has 1 atom stereocenters. The second-order valence-electron chi connectivity index (χ2n) is 3.68. The Morgan fingerprint density at radius 2 is 2.06 bits per heavy atom. The molecule has 1 aromatic rings. The average Bonchev–Trinajstić information content (AvgIpc) is 2.22. The minimum absolute atomic E-state index is 0.330. The van der Waals surface area contributed by atoms with Gasteiger partial charge in [0.15, 0.2) is 0 Å². The molecule has 0 saturated carbocycles. The quantitative estimate of drug-likeness (QED) is 0.738. The maximum Gasteiger partial charge on any atom is 0.312 e. The number of urea groups is 1. The van der Waals surface area contributed by atoms with Gasteiger partial charge < -0.3 is 16.4 Å². The average molecular weight is 239 g/mol. The van der Waals surface area contributed by atoms with E-state index >= 15 is 0 Å². The lowest BCUT2D eigenvalue weighted by Crippen LogP contribution is -2.44. The molecule has 92 valence electrons. The van der Waals surface area contributed by atoms with E-state index in [1.165, 1.54) is 13.0 Å². The number of carbonyl (C=O) groups excluding carboxylic acids is 2. The predicted molar refractivity (Wildman–Crippen MR) is 61.9 cm³/mol. The number of primary amides is 1. The minimum Gasteiger partial charge on any atom is -0.352 e. The van der Waals surface area contributed by atoms with Crippen molar-refractivity contribution in [3.05, 3.63) is 29.6 Å². The molecule has 17 heavy (non-hydrogen) atoms. The molecule has 3 amide bonds. The van der Waals surface area contributed by atoms with Crippen LogP contribution in [0.1, 0.15) is 12.5 Å². The summed E-state index contributed by atoms with van der Waals surface area (Å²) in [5, 5.41) is 4.69. The van der Waals surface area contributed by atoms with Gasteiger partial charge in [0.25, 0.3) is 0 Å². The molecule has 1 rings (SSSR count). The molecule has 0 aliphatic rings. The number of benzene rings is 1. The number of anilines is 1. The van der Waals surface area contributed by atoms with Crippen molar-refractivity contribution in [2.24, 2.45) is 5.73 Å². The molecule has 0 unspecified atom stereocenters. The highest BCUT2D eigenvalue weighted by Gasteiger charge is 2.14. The van der Waals surface area contributed by atoms with Crippen molar-refractivity contribution in [2.75, 3.05) is 5.32 Å². The largest absolute Gasteiger partial charge is 0.352 e. The van der Waals surface area contributed by atoms with Gasteiger partial charge in [0.2, 0.25) is 5.91 Å². The minimum atomic E-state index is -0.789. The lowest BCUT2D eigenvalue weighted by atomic mass is 10.2. The molecule has 4 N–H and O–H groups in total. The van der Waals surface area contributed by atoms with Crippen LogP contribution in [0.2, 0.25) is 0 Å². The number of nitrogens with one attached hydrogen (secondary N) is 2. The van der Waals surface area contributed by atoms with Gasteiger partial charge in [-0.05, 0) is 31.5 Å². The van der Waals surface area contributed by atoms with E-state index in [2.05, 4.69) is 10.6 Å². The second kappa shape index (κ2) is 5.29. The molecular formula is C11H14FN3O2. The van der Waals surface area contributed by atoms with Gasteiger partial charge in [-0.25, -0.2) is 9.18 Å². The molecule has 0 aliphatic heterocycles. The van der Waals surface area contributed by atoms with Crippen LogP contribution in [0.5, 0.6) is 0 Å². The van der Waals surface area contributed by atoms with Crippen LogP contribution >= 0.6 is 0 Å². The van der Waals surface area contributed by atoms with Crippen LogP contribution in [0.25, 0.3) is 0 Å². The summed E-state index contributed by atoms with van der Waals surface area (Å²) in [6.07, 6.45) is 0. The zero-order valence-corrected chi connectivity index (χ0v) is 9.58. The number of carbonyl (C=O) groups is 2. The van der Waals surface area contributed by atoms with E-state index in [-0.39, 0.29) is 0 Å². The Kier molecular flexibility index (Phi) is 4.03. The van der Waals surface area contributed by atoms with Gasteiger partial charge in [-0.15, -0.1) is 0 Å². The smallest absolute Gasteiger partial charge is 0.312 e. The number of hydrogen-bond donors (Lipinski definition) is 3. The number of rotatable bonds is 3. The first kappa shape index (κ1) is 13.0. The van der Waals surface area contributed by atoms with Crippen molar-refractivity contribution in [3.8, 4) is 0 Å². The number of amides is 3. The van der Waals surface area contributed by atoms with E-state index in [1.54, 1.807) is 19.1 Å². The van der Waals surface area contributed by atoms with E-state index < -0.39 is 23.8 Å². The first-order valence-corrected chi connectivity index (χ1v) is 5.03. The number of nitrogens with two attached hydrogens (primary N) is 1. The molecule has 5 nitrogen and oxygen atoms in total. The summed E-state index contributed by atoms with van der Waals surface area (Å²) in [6.45, 7) is 3.10. The van der Waals surface area contributed by atoms with Gasteiger partial charge >= 0.3 is 6.03 Å². The van der Waals surface area contributed by atoms with E-state index in [1.807, 2.05) is 0 Å². The van der Waals surface area contributed by atoms with Crippen LogP contribution in [0.4, 0.5) is 14.9 Å². The van der Waals surface area contributed by atoms with Crippen molar-refractivity contribution in [1.82, 2.24) is 5.32 Å². The van der Waals surface area contributed by atoms with Crippen LogP contribution in [0.3, 0.4) is 0 Å². The highest BCUT2D eigenvalue weighted by Crippen LogP contribution is 2.13. The first-order valence-electron chi connectivity index (χ1n) is 5.03. The molecule has 6 heteroatoms. The molecule has 0 aliphatic carbocycles. The Morgan fingerprint density at radius 1 is 1.41 bits per heavy atom. The fraction of sp³-hybridized carbons (Fsp3) is 0.273. The SMILES string of the molecule is Cc1ccc(NC(=O)[C@H](C)NC(N)=O)cc1F. The van der Waals surface area contributed by atoms with Gasteiger partial charge in [0.05, 0.1) is 0 Å². The summed E-state index contributed by atoms with van der Waals surface area (Å²) in [6, 6.07) is 2.77. The van der Waals surface area contributed by atoms with Crippen LogP contribution < -0.4 is 16.4 Å². The topological polar surface area (TPSA) is 84.2 Å². The van der Waals surface area contributed by atoms with Gasteiger partial charge in [-0.1, -0.05) is 6.07 Å². The number of aryl methyl sites for hydroxylation is 1. The Labute approximate surface area is 98.2 Å². The zero-order chi connectivity index (χ0) is 13.0. The van der Waals surface area contributed by atoms with Crippen molar-refractivity contribution < 1.29 is 14.0 Å². The van der Waals surface area contributed by atoms with Crippen LogP contribution in [-0.4, -0.2) is 18.0 Å².